The third kappa shape index (κ3) is 6.93. The molecule has 5 unspecified atom stereocenters. The van der Waals surface area contributed by atoms with Crippen LogP contribution in [0, 0.1) is 5.92 Å². The van der Waals surface area contributed by atoms with Crippen LogP contribution in [0.2, 0.25) is 0 Å². The lowest BCUT2D eigenvalue weighted by Gasteiger charge is -2.25. The number of rotatable bonds is 11. The molecule has 6 heteroatoms. The molecule has 0 fully saturated rings. The van der Waals surface area contributed by atoms with Gasteiger partial charge >= 0.3 is 0 Å². The second-order valence-electron chi connectivity index (χ2n) is 7.76. The fourth-order valence-corrected chi connectivity index (χ4v) is 3.16. The second-order valence-corrected chi connectivity index (χ2v) is 7.76. The quantitative estimate of drug-likeness (QED) is 0.309. The number of hydrogen-bond acceptors (Lipinski definition) is 6. The van der Waals surface area contributed by atoms with Crippen LogP contribution in [-0.2, 0) is 9.53 Å². The highest BCUT2D eigenvalue weighted by molar-refractivity contribution is 6.03. The standard InChI is InChI=1S/C23H36O6/c1-6-11-15(2)21(26)16(3)12-9-7-8-10-13-19(25)14-20-17(4)22(27)23(28,29-20)18(5)24/h7-9,11-12,16,18-19,21,24-26,28H,6,10,13-14H2,1-5H3. The lowest BCUT2D eigenvalue weighted by atomic mass is 9.97. The van der Waals surface area contributed by atoms with Gasteiger partial charge in [0.25, 0.3) is 5.79 Å². The zero-order chi connectivity index (χ0) is 22.2. The summed E-state index contributed by atoms with van der Waals surface area (Å²) >= 11 is 0. The Bertz CT molecular complexity index is 673. The minimum atomic E-state index is -2.25. The molecule has 0 radical (unpaired) electrons. The van der Waals surface area contributed by atoms with Gasteiger partial charge in [-0.25, -0.2) is 0 Å². The van der Waals surface area contributed by atoms with Crippen molar-refractivity contribution in [1.82, 2.24) is 0 Å². The Labute approximate surface area is 173 Å². The Morgan fingerprint density at radius 2 is 1.86 bits per heavy atom. The molecule has 0 amide bonds. The number of aliphatic hydroxyl groups excluding tert-OH is 3. The maximum absolute atomic E-state index is 12.1. The summed E-state index contributed by atoms with van der Waals surface area (Å²) in [7, 11) is 0. The molecule has 5 atom stereocenters. The highest BCUT2D eigenvalue weighted by Crippen LogP contribution is 2.34. The van der Waals surface area contributed by atoms with Gasteiger partial charge in [-0.3, -0.25) is 4.79 Å². The van der Waals surface area contributed by atoms with E-state index in [2.05, 4.69) is 0 Å². The van der Waals surface area contributed by atoms with Crippen molar-refractivity contribution in [3.05, 3.63) is 47.3 Å². The molecular weight excluding hydrogens is 372 g/mol. The minimum absolute atomic E-state index is 0.00710. The van der Waals surface area contributed by atoms with E-state index in [4.69, 9.17) is 4.74 Å². The van der Waals surface area contributed by atoms with Gasteiger partial charge in [-0.15, -0.1) is 0 Å². The summed E-state index contributed by atoms with van der Waals surface area (Å²) < 4.78 is 5.25. The Morgan fingerprint density at radius 3 is 2.41 bits per heavy atom. The van der Waals surface area contributed by atoms with Gasteiger partial charge in [-0.2, -0.15) is 0 Å². The zero-order valence-electron chi connectivity index (χ0n) is 18.1. The van der Waals surface area contributed by atoms with Gasteiger partial charge in [0.05, 0.1) is 12.2 Å². The van der Waals surface area contributed by atoms with Crippen molar-refractivity contribution >= 4 is 5.78 Å². The molecule has 0 saturated carbocycles. The number of allylic oxidation sites excluding steroid dienone is 4. The summed E-state index contributed by atoms with van der Waals surface area (Å²) in [5, 5.41) is 40.1. The monoisotopic (exact) mass is 408 g/mol. The van der Waals surface area contributed by atoms with E-state index in [1.165, 1.54) is 13.8 Å². The predicted octanol–water partition coefficient (Wildman–Crippen LogP) is 2.93. The Morgan fingerprint density at radius 1 is 1.21 bits per heavy atom. The van der Waals surface area contributed by atoms with Gasteiger partial charge in [0.15, 0.2) is 0 Å². The average Bonchev–Trinajstić information content (AvgIpc) is 2.88. The molecule has 1 heterocycles. The molecule has 1 rings (SSSR count). The molecule has 0 bridgehead atoms. The highest BCUT2D eigenvalue weighted by atomic mass is 16.6. The van der Waals surface area contributed by atoms with E-state index >= 15 is 0 Å². The fraction of sp³-hybridized carbons (Fsp3) is 0.609. The molecule has 0 saturated heterocycles. The third-order valence-corrected chi connectivity index (χ3v) is 5.17. The molecule has 0 spiro atoms. The topological polar surface area (TPSA) is 107 Å². The van der Waals surface area contributed by atoms with Crippen LogP contribution in [0.15, 0.2) is 47.3 Å². The molecule has 0 aromatic heterocycles. The Balaban J connectivity index is 2.45. The van der Waals surface area contributed by atoms with Crippen molar-refractivity contribution in [2.75, 3.05) is 0 Å². The summed E-state index contributed by atoms with van der Waals surface area (Å²) in [6, 6.07) is 0. The number of Topliss-reactive ketones (excluding diaryl/α,β-unsaturated/α-hetero) is 1. The average molecular weight is 409 g/mol. The maximum Gasteiger partial charge on any atom is 0.298 e. The molecule has 0 aromatic rings. The van der Waals surface area contributed by atoms with E-state index < -0.39 is 29.9 Å². The summed E-state index contributed by atoms with van der Waals surface area (Å²) in [6.07, 6.45) is 9.12. The van der Waals surface area contributed by atoms with Crippen LogP contribution >= 0.6 is 0 Å². The summed E-state index contributed by atoms with van der Waals surface area (Å²) in [4.78, 5) is 12.1. The smallest absolute Gasteiger partial charge is 0.298 e. The lowest BCUT2D eigenvalue weighted by Crippen LogP contribution is -2.47. The van der Waals surface area contributed by atoms with Crippen molar-refractivity contribution in [3.8, 4) is 0 Å². The molecule has 164 valence electrons. The predicted molar refractivity (Wildman–Crippen MR) is 113 cm³/mol. The van der Waals surface area contributed by atoms with Gasteiger partial charge in [0.1, 0.15) is 11.9 Å². The summed E-state index contributed by atoms with van der Waals surface area (Å²) in [6.45, 7) is 8.72. The maximum atomic E-state index is 12.1. The van der Waals surface area contributed by atoms with E-state index in [-0.39, 0.29) is 23.7 Å². The molecule has 1 aliphatic heterocycles. The van der Waals surface area contributed by atoms with Crippen LogP contribution in [-0.4, -0.2) is 50.3 Å². The first-order valence-electron chi connectivity index (χ1n) is 10.2. The van der Waals surface area contributed by atoms with Crippen LogP contribution < -0.4 is 0 Å². The fourth-order valence-electron chi connectivity index (χ4n) is 3.16. The number of ether oxygens (including phenoxy) is 1. The lowest BCUT2D eigenvalue weighted by molar-refractivity contribution is -0.213. The van der Waals surface area contributed by atoms with E-state index in [0.717, 1.165) is 12.0 Å². The Hall–Kier alpha value is -1.73. The van der Waals surface area contributed by atoms with Gasteiger partial charge in [-0.1, -0.05) is 44.2 Å². The first kappa shape index (κ1) is 25.3. The first-order valence-corrected chi connectivity index (χ1v) is 10.2. The van der Waals surface area contributed by atoms with E-state index in [0.29, 0.717) is 12.8 Å². The molecular formula is C23H36O6. The van der Waals surface area contributed by atoms with Gasteiger partial charge in [0, 0.05) is 17.9 Å². The van der Waals surface area contributed by atoms with E-state index in [1.54, 1.807) is 0 Å². The molecule has 4 N–H and O–H groups in total. The number of carbonyl (C=O) groups is 1. The van der Waals surface area contributed by atoms with E-state index in [9.17, 15) is 25.2 Å². The third-order valence-electron chi connectivity index (χ3n) is 5.17. The van der Waals surface area contributed by atoms with Crippen molar-refractivity contribution in [3.63, 3.8) is 0 Å². The number of aliphatic hydroxyl groups is 4. The molecule has 0 aliphatic carbocycles. The van der Waals surface area contributed by atoms with Crippen LogP contribution in [0.5, 0.6) is 0 Å². The van der Waals surface area contributed by atoms with Crippen molar-refractivity contribution < 1.29 is 30.0 Å². The number of ketones is 1. The summed E-state index contributed by atoms with van der Waals surface area (Å²) in [5.41, 5.74) is 1.20. The first-order chi connectivity index (χ1) is 13.5. The summed E-state index contributed by atoms with van der Waals surface area (Å²) in [5.74, 6) is -2.70. The van der Waals surface area contributed by atoms with Gasteiger partial charge in [-0.05, 0) is 45.6 Å². The van der Waals surface area contributed by atoms with Crippen LogP contribution in [0.1, 0.15) is 60.3 Å². The largest absolute Gasteiger partial charge is 0.456 e. The number of hydrogen-bond donors (Lipinski definition) is 4. The van der Waals surface area contributed by atoms with Crippen LogP contribution in [0.4, 0.5) is 0 Å². The van der Waals surface area contributed by atoms with Crippen LogP contribution in [0.25, 0.3) is 0 Å². The van der Waals surface area contributed by atoms with Crippen molar-refractivity contribution in [2.45, 2.75) is 84.4 Å². The second kappa shape index (κ2) is 11.5. The van der Waals surface area contributed by atoms with Crippen LogP contribution in [0.3, 0.4) is 0 Å². The zero-order valence-corrected chi connectivity index (χ0v) is 18.1. The normalized spacial score (nSPS) is 25.0. The van der Waals surface area contributed by atoms with Gasteiger partial charge < -0.3 is 25.2 Å². The molecule has 29 heavy (non-hydrogen) atoms. The Kier molecular flexibility index (Phi) is 10.00. The minimum Gasteiger partial charge on any atom is -0.456 e. The molecule has 6 nitrogen and oxygen atoms in total. The molecule has 0 aromatic carbocycles. The van der Waals surface area contributed by atoms with E-state index in [1.807, 2.05) is 51.2 Å². The molecule has 1 aliphatic rings. The van der Waals surface area contributed by atoms with Gasteiger partial charge in [0.2, 0.25) is 5.78 Å². The van der Waals surface area contributed by atoms with Crippen molar-refractivity contribution in [2.24, 2.45) is 5.92 Å². The highest BCUT2D eigenvalue weighted by Gasteiger charge is 2.50. The number of carbonyl (C=O) groups excluding carboxylic acids is 1. The SMILES string of the molecule is CCC=C(C)C(O)C(C)C=CC=CCCC(O)CC1=C(C)C(=O)C(O)(C(C)O)O1. The van der Waals surface area contributed by atoms with Crippen molar-refractivity contribution in [1.29, 1.82) is 0 Å².